The Kier molecular flexibility index (Phi) is 4.34. The second-order valence-corrected chi connectivity index (χ2v) is 4.62. The topological polar surface area (TPSA) is 40.9 Å². The summed E-state index contributed by atoms with van der Waals surface area (Å²) < 4.78 is 11.7. The van der Waals surface area contributed by atoms with E-state index in [4.69, 9.17) is 5.26 Å². The summed E-state index contributed by atoms with van der Waals surface area (Å²) in [7, 11) is -0.948. The Bertz CT molecular complexity index is 368. The minimum atomic E-state index is -0.948. The summed E-state index contributed by atoms with van der Waals surface area (Å²) in [6.45, 7) is 1.96. The van der Waals surface area contributed by atoms with Crippen molar-refractivity contribution in [2.75, 3.05) is 5.75 Å². The van der Waals surface area contributed by atoms with Gasteiger partial charge in [-0.3, -0.25) is 4.21 Å². The fourth-order valence-corrected chi connectivity index (χ4v) is 2.49. The van der Waals surface area contributed by atoms with Crippen molar-refractivity contribution in [3.05, 3.63) is 29.8 Å². The zero-order chi connectivity index (χ0) is 10.4. The third-order valence-electron chi connectivity index (χ3n) is 1.96. The molecule has 1 atom stereocenters. The first-order valence-electron chi connectivity index (χ1n) is 4.56. The van der Waals surface area contributed by atoms with Gasteiger partial charge in [-0.05, 0) is 25.0 Å². The molecule has 1 unspecified atom stereocenters. The molecule has 0 saturated carbocycles. The summed E-state index contributed by atoms with van der Waals surface area (Å²) in [6.07, 6.45) is 1.19. The molecule has 0 aliphatic heterocycles. The lowest BCUT2D eigenvalue weighted by Crippen LogP contribution is -1.99. The number of aryl methyl sites for hydroxylation is 1. The molecular formula is C11H13NOS. The molecule has 2 nitrogen and oxygen atoms in total. The molecule has 0 aromatic heterocycles. The zero-order valence-electron chi connectivity index (χ0n) is 8.19. The number of unbranched alkanes of at least 4 members (excludes halogenated alkanes) is 1. The number of nitrogens with zero attached hydrogens (tertiary/aromatic N) is 1. The first-order chi connectivity index (χ1) is 6.75. The fraction of sp³-hybridized carbons (Fsp3) is 0.364. The largest absolute Gasteiger partial charge is 0.254 e. The Labute approximate surface area is 87.0 Å². The Balaban J connectivity index is 2.62. The van der Waals surface area contributed by atoms with E-state index in [1.165, 1.54) is 0 Å². The van der Waals surface area contributed by atoms with E-state index in [0.29, 0.717) is 18.6 Å². The van der Waals surface area contributed by atoms with E-state index in [0.717, 1.165) is 10.5 Å². The average molecular weight is 207 g/mol. The molecule has 0 aliphatic carbocycles. The number of benzene rings is 1. The Morgan fingerprint density at radius 3 is 2.79 bits per heavy atom. The van der Waals surface area contributed by atoms with E-state index in [2.05, 4.69) is 6.07 Å². The molecule has 74 valence electrons. The van der Waals surface area contributed by atoms with E-state index in [-0.39, 0.29) is 0 Å². The van der Waals surface area contributed by atoms with E-state index in [1.54, 1.807) is 0 Å². The average Bonchev–Trinajstić information content (AvgIpc) is 2.18. The van der Waals surface area contributed by atoms with Crippen LogP contribution in [0.15, 0.2) is 29.2 Å². The predicted octanol–water partition coefficient (Wildman–Crippen LogP) is 2.41. The van der Waals surface area contributed by atoms with Crippen LogP contribution in [0.4, 0.5) is 0 Å². The smallest absolute Gasteiger partial charge is 0.0622 e. The summed E-state index contributed by atoms with van der Waals surface area (Å²) in [5.74, 6) is 0.582. The van der Waals surface area contributed by atoms with Crippen molar-refractivity contribution in [3.63, 3.8) is 0 Å². The number of nitriles is 1. The molecule has 0 amide bonds. The third kappa shape index (κ3) is 2.97. The van der Waals surface area contributed by atoms with E-state index >= 15 is 0 Å². The Morgan fingerprint density at radius 2 is 2.14 bits per heavy atom. The third-order valence-corrected chi connectivity index (χ3v) is 3.57. The van der Waals surface area contributed by atoms with Gasteiger partial charge >= 0.3 is 0 Å². The summed E-state index contributed by atoms with van der Waals surface area (Å²) in [6, 6.07) is 9.73. The molecule has 1 aromatic rings. The van der Waals surface area contributed by atoms with E-state index in [1.807, 2.05) is 31.2 Å². The van der Waals surface area contributed by atoms with Crippen LogP contribution in [-0.4, -0.2) is 9.96 Å². The summed E-state index contributed by atoms with van der Waals surface area (Å²) in [5, 5.41) is 8.36. The highest BCUT2D eigenvalue weighted by atomic mass is 32.2. The lowest BCUT2D eigenvalue weighted by molar-refractivity contribution is 0.680. The highest BCUT2D eigenvalue weighted by Crippen LogP contribution is 2.13. The SMILES string of the molecule is Cc1ccccc1S(=O)CCCC#N. The zero-order valence-corrected chi connectivity index (χ0v) is 9.01. The van der Waals surface area contributed by atoms with Crippen LogP contribution in [0.1, 0.15) is 18.4 Å². The van der Waals surface area contributed by atoms with Crippen LogP contribution in [0.3, 0.4) is 0 Å². The van der Waals surface area contributed by atoms with Crippen molar-refractivity contribution in [2.45, 2.75) is 24.7 Å². The number of rotatable bonds is 4. The maximum absolute atomic E-state index is 11.7. The van der Waals surface area contributed by atoms with Gasteiger partial charge in [-0.15, -0.1) is 0 Å². The molecule has 0 heterocycles. The molecule has 0 fully saturated rings. The number of hydrogen-bond acceptors (Lipinski definition) is 2. The second-order valence-electron chi connectivity index (χ2n) is 3.08. The van der Waals surface area contributed by atoms with Gasteiger partial charge in [0.25, 0.3) is 0 Å². The monoisotopic (exact) mass is 207 g/mol. The van der Waals surface area contributed by atoms with Crippen LogP contribution in [0.25, 0.3) is 0 Å². The van der Waals surface area contributed by atoms with E-state index in [9.17, 15) is 4.21 Å². The lowest BCUT2D eigenvalue weighted by Gasteiger charge is -2.03. The van der Waals surface area contributed by atoms with Crippen LogP contribution < -0.4 is 0 Å². The fourth-order valence-electron chi connectivity index (χ4n) is 1.20. The quantitative estimate of drug-likeness (QED) is 0.711. The summed E-state index contributed by atoms with van der Waals surface area (Å²) in [5.41, 5.74) is 1.06. The predicted molar refractivity (Wildman–Crippen MR) is 57.3 cm³/mol. The molecule has 14 heavy (non-hydrogen) atoms. The van der Waals surface area contributed by atoms with Crippen LogP contribution in [0.2, 0.25) is 0 Å². The first kappa shape index (κ1) is 10.9. The van der Waals surface area contributed by atoms with Gasteiger partial charge < -0.3 is 0 Å². The summed E-state index contributed by atoms with van der Waals surface area (Å²) >= 11 is 0. The van der Waals surface area contributed by atoms with Gasteiger partial charge in [0.2, 0.25) is 0 Å². The van der Waals surface area contributed by atoms with Gasteiger partial charge in [0.05, 0.1) is 16.9 Å². The molecule has 0 bridgehead atoms. The minimum absolute atomic E-state index is 0.484. The van der Waals surface area contributed by atoms with Crippen molar-refractivity contribution < 1.29 is 4.21 Å². The lowest BCUT2D eigenvalue weighted by atomic mass is 10.2. The molecule has 0 radical (unpaired) electrons. The maximum Gasteiger partial charge on any atom is 0.0622 e. The van der Waals surface area contributed by atoms with Crippen LogP contribution in [0, 0.1) is 18.3 Å². The Hall–Kier alpha value is -1.14. The molecular weight excluding hydrogens is 194 g/mol. The summed E-state index contributed by atoms with van der Waals surface area (Å²) in [4.78, 5) is 0.894. The molecule has 1 rings (SSSR count). The van der Waals surface area contributed by atoms with Crippen molar-refractivity contribution in [3.8, 4) is 6.07 Å². The van der Waals surface area contributed by atoms with Gasteiger partial charge in [0.15, 0.2) is 0 Å². The molecule has 0 N–H and O–H groups in total. The minimum Gasteiger partial charge on any atom is -0.254 e. The van der Waals surface area contributed by atoms with Crippen molar-refractivity contribution in [1.82, 2.24) is 0 Å². The maximum atomic E-state index is 11.7. The van der Waals surface area contributed by atoms with Crippen molar-refractivity contribution >= 4 is 10.8 Å². The normalized spacial score (nSPS) is 12.0. The van der Waals surface area contributed by atoms with Gasteiger partial charge in [0, 0.05) is 17.1 Å². The van der Waals surface area contributed by atoms with Gasteiger partial charge in [-0.25, -0.2) is 0 Å². The van der Waals surface area contributed by atoms with E-state index < -0.39 is 10.8 Å². The van der Waals surface area contributed by atoms with Crippen LogP contribution in [-0.2, 0) is 10.8 Å². The molecule has 0 aliphatic rings. The molecule has 3 heteroatoms. The molecule has 1 aromatic carbocycles. The van der Waals surface area contributed by atoms with Gasteiger partial charge in [0.1, 0.15) is 0 Å². The number of hydrogen-bond donors (Lipinski definition) is 0. The van der Waals surface area contributed by atoms with Crippen molar-refractivity contribution in [2.24, 2.45) is 0 Å². The highest BCUT2D eigenvalue weighted by molar-refractivity contribution is 7.85. The van der Waals surface area contributed by atoms with Gasteiger partial charge in [-0.1, -0.05) is 18.2 Å². The second kappa shape index (κ2) is 5.56. The van der Waals surface area contributed by atoms with Crippen molar-refractivity contribution in [1.29, 1.82) is 5.26 Å². The molecule has 0 spiro atoms. The van der Waals surface area contributed by atoms with Crippen LogP contribution in [0.5, 0.6) is 0 Å². The highest BCUT2D eigenvalue weighted by Gasteiger charge is 2.05. The Morgan fingerprint density at radius 1 is 1.43 bits per heavy atom. The van der Waals surface area contributed by atoms with Crippen LogP contribution >= 0.6 is 0 Å². The molecule has 0 saturated heterocycles. The standard InChI is InChI=1S/C11H13NOS/c1-10-6-2-3-7-11(10)14(13)9-5-4-8-12/h2-3,6-7H,4-5,9H2,1H3. The van der Waals surface area contributed by atoms with Gasteiger partial charge in [-0.2, -0.15) is 5.26 Å². The first-order valence-corrected chi connectivity index (χ1v) is 5.88.